The summed E-state index contributed by atoms with van der Waals surface area (Å²) in [6, 6.07) is 4.90. The van der Waals surface area contributed by atoms with Gasteiger partial charge in [0.25, 0.3) is 0 Å². The van der Waals surface area contributed by atoms with E-state index in [2.05, 4.69) is 11.3 Å². The molecule has 0 amide bonds. The summed E-state index contributed by atoms with van der Waals surface area (Å²) in [5.74, 6) is -0.604. The number of alkyl halides is 3. The maximum absolute atomic E-state index is 12.7. The summed E-state index contributed by atoms with van der Waals surface area (Å²) < 4.78 is 56.8. The van der Waals surface area contributed by atoms with Crippen molar-refractivity contribution in [3.8, 4) is 11.5 Å². The first-order valence-corrected chi connectivity index (χ1v) is 10.7. The molecule has 1 unspecified atom stereocenters. The monoisotopic (exact) mass is 472 g/mol. The summed E-state index contributed by atoms with van der Waals surface area (Å²) in [4.78, 5) is 22.6. The first-order valence-electron chi connectivity index (χ1n) is 10.7. The number of halogens is 3. The summed E-state index contributed by atoms with van der Waals surface area (Å²) >= 11 is 0. The van der Waals surface area contributed by atoms with E-state index in [9.17, 15) is 22.8 Å². The molecule has 6 nitrogen and oxygen atoms in total. The third kappa shape index (κ3) is 12.0. The molecule has 0 bridgehead atoms. The molecular formula is C24H31F3O6. The van der Waals surface area contributed by atoms with Gasteiger partial charge in [0.2, 0.25) is 0 Å². The van der Waals surface area contributed by atoms with Gasteiger partial charge >= 0.3 is 24.7 Å². The predicted molar refractivity (Wildman–Crippen MR) is 118 cm³/mol. The van der Waals surface area contributed by atoms with E-state index in [-0.39, 0.29) is 5.97 Å². The molecule has 0 aliphatic rings. The molecule has 1 aromatic rings. The zero-order chi connectivity index (χ0) is 24.6. The first-order chi connectivity index (χ1) is 15.7. The Morgan fingerprint density at radius 1 is 1.00 bits per heavy atom. The van der Waals surface area contributed by atoms with Gasteiger partial charge in [-0.25, -0.2) is 18.4 Å². The van der Waals surface area contributed by atoms with Crippen LogP contribution in [0.3, 0.4) is 0 Å². The van der Waals surface area contributed by atoms with Gasteiger partial charge < -0.3 is 18.9 Å². The Kier molecular flexibility index (Phi) is 13.4. The van der Waals surface area contributed by atoms with Crippen LogP contribution in [0.25, 0.3) is 6.08 Å². The van der Waals surface area contributed by atoms with Gasteiger partial charge in [0.15, 0.2) is 11.5 Å². The number of hydrogen-bond acceptors (Lipinski definition) is 6. The molecule has 0 radical (unpaired) electrons. The van der Waals surface area contributed by atoms with Gasteiger partial charge in [0.05, 0.1) is 20.3 Å². The number of hydrogen-bond donors (Lipinski definition) is 0. The van der Waals surface area contributed by atoms with E-state index < -0.39 is 18.8 Å². The summed E-state index contributed by atoms with van der Waals surface area (Å²) in [5.41, 5.74) is 0.929. The summed E-state index contributed by atoms with van der Waals surface area (Å²) in [6.07, 6.45) is 1.54. The van der Waals surface area contributed by atoms with E-state index in [1.165, 1.54) is 13.2 Å². The number of rotatable bonds is 16. The van der Waals surface area contributed by atoms with Crippen LogP contribution in [0.15, 0.2) is 36.4 Å². The number of ether oxygens (including phenoxy) is 4. The highest BCUT2D eigenvalue weighted by Gasteiger charge is 2.22. The molecule has 0 aliphatic heterocycles. The lowest BCUT2D eigenvalue weighted by molar-refractivity contribution is -0.168. The van der Waals surface area contributed by atoms with Gasteiger partial charge in [0, 0.05) is 11.6 Å². The lowest BCUT2D eigenvalue weighted by Crippen LogP contribution is -2.19. The predicted octanol–water partition coefficient (Wildman–Crippen LogP) is 5.65. The van der Waals surface area contributed by atoms with Crippen molar-refractivity contribution in [3.63, 3.8) is 0 Å². The molecule has 0 aliphatic carbocycles. The van der Waals surface area contributed by atoms with Crippen LogP contribution >= 0.6 is 0 Å². The van der Waals surface area contributed by atoms with Crippen LogP contribution < -0.4 is 9.47 Å². The quantitative estimate of drug-likeness (QED) is 0.176. The Morgan fingerprint density at radius 2 is 1.64 bits per heavy atom. The molecule has 0 N–H and O–H groups in total. The van der Waals surface area contributed by atoms with Gasteiger partial charge in [-0.1, -0.05) is 38.3 Å². The second-order valence-electron chi connectivity index (χ2n) is 7.25. The van der Waals surface area contributed by atoms with Crippen molar-refractivity contribution in [2.45, 2.75) is 58.2 Å². The van der Waals surface area contributed by atoms with E-state index in [4.69, 9.17) is 14.2 Å². The van der Waals surface area contributed by atoms with Crippen molar-refractivity contribution in [3.05, 3.63) is 42.0 Å². The molecule has 0 spiro atoms. The first kappa shape index (κ1) is 28.1. The van der Waals surface area contributed by atoms with Crippen molar-refractivity contribution in [1.82, 2.24) is 0 Å². The molecule has 0 saturated carbocycles. The number of benzene rings is 1. The highest BCUT2D eigenvalue weighted by molar-refractivity contribution is 5.87. The number of unbranched alkanes of at least 4 members (excludes halogenated alkanes) is 5. The topological polar surface area (TPSA) is 71.1 Å². The summed E-state index contributed by atoms with van der Waals surface area (Å²) in [6.45, 7) is 6.06. The molecule has 9 heteroatoms. The van der Waals surface area contributed by atoms with Gasteiger partial charge in [0.1, 0.15) is 0 Å². The molecule has 0 heterocycles. The van der Waals surface area contributed by atoms with Crippen LogP contribution in [0.5, 0.6) is 11.5 Å². The summed E-state index contributed by atoms with van der Waals surface area (Å²) in [7, 11) is 1.47. The van der Waals surface area contributed by atoms with Gasteiger partial charge in [-0.15, -0.1) is 0 Å². The van der Waals surface area contributed by atoms with Crippen LogP contribution in [0, 0.1) is 0 Å². The molecule has 1 atom stereocenters. The van der Waals surface area contributed by atoms with Crippen molar-refractivity contribution in [2.75, 3.05) is 20.3 Å². The SMILES string of the molecule is C=C(C)C(=O)OCCCCCCCCOc1ccc(/C=C/C(=O)OC(F)C(F)F)cc1OC. The van der Waals surface area contributed by atoms with Crippen molar-refractivity contribution in [1.29, 1.82) is 0 Å². The number of carbonyl (C=O) groups excluding carboxylic acids is 2. The lowest BCUT2D eigenvalue weighted by atomic mass is 10.1. The number of methoxy groups -OCH3 is 1. The fourth-order valence-corrected chi connectivity index (χ4v) is 2.65. The van der Waals surface area contributed by atoms with Crippen molar-refractivity contribution >= 4 is 18.0 Å². The maximum Gasteiger partial charge on any atom is 0.333 e. The molecule has 0 aromatic heterocycles. The van der Waals surface area contributed by atoms with Gasteiger partial charge in [-0.05, 0) is 43.5 Å². The zero-order valence-corrected chi connectivity index (χ0v) is 19.0. The average molecular weight is 473 g/mol. The second-order valence-corrected chi connectivity index (χ2v) is 7.25. The minimum Gasteiger partial charge on any atom is -0.493 e. The largest absolute Gasteiger partial charge is 0.493 e. The fraction of sp³-hybridized carbons (Fsp3) is 0.500. The van der Waals surface area contributed by atoms with Crippen LogP contribution in [0.2, 0.25) is 0 Å². The minimum absolute atomic E-state index is 0.353. The Hall–Kier alpha value is -2.97. The van der Waals surface area contributed by atoms with Crippen molar-refractivity contribution in [2.24, 2.45) is 0 Å². The third-order valence-electron chi connectivity index (χ3n) is 4.40. The van der Waals surface area contributed by atoms with Crippen LogP contribution in [-0.4, -0.2) is 45.0 Å². The second kappa shape index (κ2) is 15.8. The molecule has 0 fully saturated rings. The minimum atomic E-state index is -3.39. The highest BCUT2D eigenvalue weighted by Crippen LogP contribution is 2.29. The Bertz CT molecular complexity index is 794. The molecule has 33 heavy (non-hydrogen) atoms. The van der Waals surface area contributed by atoms with E-state index in [0.29, 0.717) is 35.8 Å². The zero-order valence-electron chi connectivity index (χ0n) is 19.0. The highest BCUT2D eigenvalue weighted by atomic mass is 19.3. The maximum atomic E-state index is 12.7. The molecular weight excluding hydrogens is 441 g/mol. The van der Waals surface area contributed by atoms with Crippen LogP contribution in [0.4, 0.5) is 13.2 Å². The molecule has 184 valence electrons. The Morgan fingerprint density at radius 3 is 2.24 bits per heavy atom. The summed E-state index contributed by atoms with van der Waals surface area (Å²) in [5, 5.41) is 0. The lowest BCUT2D eigenvalue weighted by Gasteiger charge is -2.11. The average Bonchev–Trinajstić information content (AvgIpc) is 2.78. The standard InChI is InChI=1S/C24H31F3O6/c1-17(2)24(29)32-15-9-7-5-4-6-8-14-31-19-12-10-18(16-20(19)30-3)11-13-21(28)33-23(27)22(25)26/h10-13,16,22-23H,1,4-9,14-15H2,2-3H3/b13-11+. The van der Waals surface area contributed by atoms with Crippen LogP contribution in [-0.2, 0) is 19.1 Å². The van der Waals surface area contributed by atoms with E-state index in [0.717, 1.165) is 44.6 Å². The Balaban J connectivity index is 2.29. The Labute approximate surface area is 192 Å². The number of esters is 2. The number of carbonyl (C=O) groups is 2. The molecule has 1 rings (SSSR count). The smallest absolute Gasteiger partial charge is 0.333 e. The van der Waals surface area contributed by atoms with Gasteiger partial charge in [-0.2, -0.15) is 4.39 Å². The fourth-order valence-electron chi connectivity index (χ4n) is 2.65. The third-order valence-corrected chi connectivity index (χ3v) is 4.40. The van der Waals surface area contributed by atoms with Gasteiger partial charge in [-0.3, -0.25) is 0 Å². The molecule has 0 saturated heterocycles. The van der Waals surface area contributed by atoms with E-state index in [1.807, 2.05) is 0 Å². The van der Waals surface area contributed by atoms with Crippen LogP contribution in [0.1, 0.15) is 51.0 Å². The van der Waals surface area contributed by atoms with E-state index in [1.54, 1.807) is 25.1 Å². The molecule has 1 aromatic carbocycles. The van der Waals surface area contributed by atoms with Crippen molar-refractivity contribution < 1.29 is 41.7 Å². The normalized spacial score (nSPS) is 11.9. The van der Waals surface area contributed by atoms with E-state index >= 15 is 0 Å².